The van der Waals surface area contributed by atoms with Gasteiger partial charge >= 0.3 is 6.09 Å². The third kappa shape index (κ3) is 7.06. The summed E-state index contributed by atoms with van der Waals surface area (Å²) in [5, 5.41) is 7.50. The monoisotopic (exact) mass is 475 g/mol. The number of carbonyl (C=O) groups is 3. The van der Waals surface area contributed by atoms with E-state index in [0.29, 0.717) is 11.3 Å². The van der Waals surface area contributed by atoms with Gasteiger partial charge in [0.1, 0.15) is 18.2 Å². The number of anilines is 1. The molecular formula is C28H33N3O4. The molecule has 0 aliphatic rings. The highest BCUT2D eigenvalue weighted by Gasteiger charge is 2.29. The summed E-state index contributed by atoms with van der Waals surface area (Å²) in [5.41, 5.74) is 2.61. The first-order chi connectivity index (χ1) is 16.4. The number of hydrogen-bond acceptors (Lipinski definition) is 4. The Bertz CT molecular complexity index is 1230. The van der Waals surface area contributed by atoms with Crippen molar-refractivity contribution in [1.82, 2.24) is 10.2 Å². The molecule has 0 heterocycles. The Morgan fingerprint density at radius 1 is 0.914 bits per heavy atom. The van der Waals surface area contributed by atoms with E-state index in [9.17, 15) is 14.4 Å². The number of benzene rings is 3. The summed E-state index contributed by atoms with van der Waals surface area (Å²) in [6.07, 6.45) is -0.692. The zero-order chi connectivity index (χ0) is 25.8. The smallest absolute Gasteiger partial charge is 0.408 e. The van der Waals surface area contributed by atoms with Gasteiger partial charge < -0.3 is 20.3 Å². The summed E-state index contributed by atoms with van der Waals surface area (Å²) >= 11 is 0. The minimum atomic E-state index is -0.895. The van der Waals surface area contributed by atoms with E-state index in [1.807, 2.05) is 74.5 Å². The molecule has 3 amide bonds. The molecule has 3 rings (SSSR count). The first-order valence-corrected chi connectivity index (χ1v) is 11.5. The molecule has 1 atom stereocenters. The van der Waals surface area contributed by atoms with E-state index in [2.05, 4.69) is 10.6 Å². The van der Waals surface area contributed by atoms with Gasteiger partial charge in [0, 0.05) is 12.7 Å². The van der Waals surface area contributed by atoms with Crippen molar-refractivity contribution in [2.75, 3.05) is 18.9 Å². The minimum Gasteiger partial charge on any atom is -0.444 e. The third-order valence-electron chi connectivity index (χ3n) is 5.39. The van der Waals surface area contributed by atoms with Crippen LogP contribution < -0.4 is 10.6 Å². The van der Waals surface area contributed by atoms with E-state index in [0.717, 1.165) is 21.9 Å². The summed E-state index contributed by atoms with van der Waals surface area (Å²) in [5.74, 6) is -0.771. The second-order valence-electron chi connectivity index (χ2n) is 9.73. The number of amides is 3. The van der Waals surface area contributed by atoms with E-state index in [1.54, 1.807) is 27.8 Å². The predicted molar refractivity (Wildman–Crippen MR) is 138 cm³/mol. The molecule has 0 saturated carbocycles. The Morgan fingerprint density at radius 2 is 1.54 bits per heavy atom. The molecule has 0 aliphatic heterocycles. The van der Waals surface area contributed by atoms with E-state index in [1.165, 1.54) is 4.90 Å². The molecule has 2 N–H and O–H groups in total. The number of rotatable bonds is 6. The quantitative estimate of drug-likeness (QED) is 0.518. The average molecular weight is 476 g/mol. The number of fused-ring (bicyclic) bond motifs is 1. The fraction of sp³-hybridized carbons (Fsp3) is 0.321. The van der Waals surface area contributed by atoms with Crippen molar-refractivity contribution in [2.45, 2.75) is 46.3 Å². The summed E-state index contributed by atoms with van der Waals surface area (Å²) in [4.78, 5) is 39.9. The van der Waals surface area contributed by atoms with Crippen LogP contribution in [0.1, 0.15) is 43.5 Å². The van der Waals surface area contributed by atoms with Gasteiger partial charge in [-0.2, -0.15) is 0 Å². The molecule has 0 aliphatic carbocycles. The van der Waals surface area contributed by atoms with Crippen molar-refractivity contribution >= 4 is 34.4 Å². The van der Waals surface area contributed by atoms with Crippen molar-refractivity contribution in [1.29, 1.82) is 0 Å². The van der Waals surface area contributed by atoms with Crippen LogP contribution in [0.4, 0.5) is 10.5 Å². The standard InChI is InChI=1S/C28H33N3O4/c1-18-13-19(2)15-22(14-18)25(31(6)24(32)17-29-27(34)35-28(3,4)5)26(33)30-23-12-11-20-9-7-8-10-21(20)16-23/h7-16,25H,17H2,1-6H3,(H,29,34)(H,30,33). The Kier molecular flexibility index (Phi) is 7.79. The molecule has 184 valence electrons. The number of ether oxygens (including phenoxy) is 1. The summed E-state index contributed by atoms with van der Waals surface area (Å²) in [6, 6.07) is 18.5. The number of hydrogen-bond donors (Lipinski definition) is 2. The third-order valence-corrected chi connectivity index (χ3v) is 5.39. The minimum absolute atomic E-state index is 0.296. The molecule has 3 aromatic rings. The maximum absolute atomic E-state index is 13.5. The van der Waals surface area contributed by atoms with Gasteiger partial charge in [0.05, 0.1) is 0 Å². The average Bonchev–Trinajstić information content (AvgIpc) is 2.75. The number of nitrogens with one attached hydrogen (secondary N) is 2. The lowest BCUT2D eigenvalue weighted by Crippen LogP contribution is -2.44. The van der Waals surface area contributed by atoms with Crippen molar-refractivity contribution in [3.05, 3.63) is 77.4 Å². The van der Waals surface area contributed by atoms with Crippen LogP contribution in [-0.4, -0.2) is 42.0 Å². The lowest BCUT2D eigenvalue weighted by atomic mass is 9.99. The van der Waals surface area contributed by atoms with Crippen molar-refractivity contribution in [3.63, 3.8) is 0 Å². The molecule has 0 fully saturated rings. The molecule has 0 spiro atoms. The zero-order valence-electron chi connectivity index (χ0n) is 21.1. The summed E-state index contributed by atoms with van der Waals surface area (Å²) in [7, 11) is 1.56. The zero-order valence-corrected chi connectivity index (χ0v) is 21.1. The first-order valence-electron chi connectivity index (χ1n) is 11.5. The molecule has 3 aromatic carbocycles. The van der Waals surface area contributed by atoms with E-state index in [4.69, 9.17) is 4.74 Å². The van der Waals surface area contributed by atoms with Crippen LogP contribution in [-0.2, 0) is 14.3 Å². The summed E-state index contributed by atoms with van der Waals surface area (Å²) in [6.45, 7) is 8.83. The van der Waals surface area contributed by atoms with Gasteiger partial charge in [0.25, 0.3) is 5.91 Å². The van der Waals surface area contributed by atoms with Crippen LogP contribution in [0.2, 0.25) is 0 Å². The Morgan fingerprint density at radius 3 is 2.17 bits per heavy atom. The van der Waals surface area contributed by atoms with Crippen LogP contribution in [0.5, 0.6) is 0 Å². The molecular weight excluding hydrogens is 442 g/mol. The maximum atomic E-state index is 13.5. The van der Waals surface area contributed by atoms with E-state index in [-0.39, 0.29) is 12.5 Å². The highest BCUT2D eigenvalue weighted by molar-refractivity contribution is 6.00. The van der Waals surface area contributed by atoms with E-state index >= 15 is 0 Å². The maximum Gasteiger partial charge on any atom is 0.408 e. The van der Waals surface area contributed by atoms with Crippen molar-refractivity contribution in [2.24, 2.45) is 0 Å². The second-order valence-corrected chi connectivity index (χ2v) is 9.73. The SMILES string of the molecule is Cc1cc(C)cc(C(C(=O)Nc2ccc3ccccc3c2)N(C)C(=O)CNC(=O)OC(C)(C)C)c1. The Labute approximate surface area is 206 Å². The normalized spacial score (nSPS) is 12.1. The molecule has 0 aromatic heterocycles. The van der Waals surface area contributed by atoms with Crippen molar-refractivity contribution in [3.8, 4) is 0 Å². The topological polar surface area (TPSA) is 87.7 Å². The predicted octanol–water partition coefficient (Wildman–Crippen LogP) is 5.12. The molecule has 35 heavy (non-hydrogen) atoms. The van der Waals surface area contributed by atoms with Crippen LogP contribution >= 0.6 is 0 Å². The van der Waals surface area contributed by atoms with Crippen molar-refractivity contribution < 1.29 is 19.1 Å². The number of aryl methyl sites for hydroxylation is 2. The molecule has 7 heteroatoms. The number of likely N-dealkylation sites (N-methyl/N-ethyl adjacent to an activating group) is 1. The Hall–Kier alpha value is -3.87. The lowest BCUT2D eigenvalue weighted by Gasteiger charge is -2.29. The van der Waals surface area contributed by atoms with Gasteiger partial charge in [-0.1, -0.05) is 59.7 Å². The lowest BCUT2D eigenvalue weighted by molar-refractivity contribution is -0.136. The second kappa shape index (κ2) is 10.6. The van der Waals surface area contributed by atoms with Gasteiger partial charge in [-0.05, 0) is 63.1 Å². The first kappa shape index (κ1) is 25.7. The van der Waals surface area contributed by atoms with E-state index < -0.39 is 23.6 Å². The van der Waals surface area contributed by atoms with Gasteiger partial charge in [-0.3, -0.25) is 9.59 Å². The highest BCUT2D eigenvalue weighted by Crippen LogP contribution is 2.26. The van der Waals surface area contributed by atoms with Gasteiger partial charge in [-0.25, -0.2) is 4.79 Å². The summed E-state index contributed by atoms with van der Waals surface area (Å²) < 4.78 is 5.21. The molecule has 0 bridgehead atoms. The van der Waals surface area contributed by atoms with Gasteiger partial charge in [0.2, 0.25) is 5.91 Å². The largest absolute Gasteiger partial charge is 0.444 e. The van der Waals surface area contributed by atoms with Gasteiger partial charge in [0.15, 0.2) is 0 Å². The fourth-order valence-electron chi connectivity index (χ4n) is 3.93. The highest BCUT2D eigenvalue weighted by atomic mass is 16.6. The number of carbonyl (C=O) groups excluding carboxylic acids is 3. The number of nitrogens with zero attached hydrogens (tertiary/aromatic N) is 1. The molecule has 0 saturated heterocycles. The molecule has 7 nitrogen and oxygen atoms in total. The molecule has 0 radical (unpaired) electrons. The number of alkyl carbamates (subject to hydrolysis) is 1. The Balaban J connectivity index is 1.84. The van der Waals surface area contributed by atoms with Crippen LogP contribution in [0.3, 0.4) is 0 Å². The van der Waals surface area contributed by atoms with Crippen LogP contribution in [0, 0.1) is 13.8 Å². The molecule has 1 unspecified atom stereocenters. The fourth-order valence-corrected chi connectivity index (χ4v) is 3.93. The van der Waals surface area contributed by atoms with Crippen LogP contribution in [0.25, 0.3) is 10.8 Å². The van der Waals surface area contributed by atoms with Crippen LogP contribution in [0.15, 0.2) is 60.7 Å². The van der Waals surface area contributed by atoms with Gasteiger partial charge in [-0.15, -0.1) is 0 Å².